The Morgan fingerprint density at radius 3 is 1.55 bits per heavy atom. The van der Waals surface area contributed by atoms with E-state index in [0.29, 0.717) is 0 Å². The molecule has 0 fully saturated rings. The van der Waals surface area contributed by atoms with Gasteiger partial charge in [-0.05, 0) is 0 Å². The molecular formula is C6HF4Ti. The van der Waals surface area contributed by atoms with Crippen LogP contribution in [0.4, 0.5) is 17.6 Å². The van der Waals surface area contributed by atoms with E-state index < -0.39 is 23.3 Å². The van der Waals surface area contributed by atoms with Crippen LogP contribution < -0.4 is 0 Å². The van der Waals surface area contributed by atoms with Gasteiger partial charge < -0.3 is 0 Å². The Morgan fingerprint density at radius 1 is 0.909 bits per heavy atom. The molecule has 0 aliphatic heterocycles. The SMILES string of the molecule is Fc1[c]c(F)c(F)cc1F.[Ti]. The number of benzene rings is 1. The first-order valence-electron chi connectivity index (χ1n) is 2.33. The molecule has 1 aromatic carbocycles. The maximum absolute atomic E-state index is 11.9. The third-order valence-corrected chi connectivity index (χ3v) is 0.892. The van der Waals surface area contributed by atoms with Crippen molar-refractivity contribution in [3.8, 4) is 0 Å². The van der Waals surface area contributed by atoms with Crippen molar-refractivity contribution in [1.82, 2.24) is 0 Å². The van der Waals surface area contributed by atoms with Crippen molar-refractivity contribution in [3.63, 3.8) is 0 Å². The van der Waals surface area contributed by atoms with Gasteiger partial charge in [0.05, 0.1) is 6.07 Å². The summed E-state index contributed by atoms with van der Waals surface area (Å²) in [5.74, 6) is -5.92. The van der Waals surface area contributed by atoms with E-state index in [2.05, 4.69) is 0 Å². The molecule has 0 aliphatic rings. The Bertz CT molecular complexity index is 211. The van der Waals surface area contributed by atoms with Crippen LogP contribution in [0.1, 0.15) is 0 Å². The molecule has 1 rings (SSSR count). The van der Waals surface area contributed by atoms with Crippen LogP contribution in [0.3, 0.4) is 0 Å². The summed E-state index contributed by atoms with van der Waals surface area (Å²) in [6, 6.07) is 1.35. The van der Waals surface area contributed by atoms with Gasteiger partial charge in [-0.2, -0.15) is 0 Å². The van der Waals surface area contributed by atoms with E-state index >= 15 is 0 Å². The molecular weight excluding hydrogens is 196 g/mol. The molecule has 57 valence electrons. The molecule has 0 aliphatic carbocycles. The first kappa shape index (κ1) is 10.7. The van der Waals surface area contributed by atoms with Gasteiger partial charge in [-0.25, -0.2) is 17.6 Å². The Kier molecular flexibility index (Phi) is 3.76. The van der Waals surface area contributed by atoms with E-state index in [0.717, 1.165) is 0 Å². The van der Waals surface area contributed by atoms with Crippen LogP contribution in [0, 0.1) is 29.3 Å². The predicted molar refractivity (Wildman–Crippen MR) is 25.1 cm³/mol. The number of hydrogen-bond acceptors (Lipinski definition) is 0. The third-order valence-electron chi connectivity index (χ3n) is 0.892. The van der Waals surface area contributed by atoms with Gasteiger partial charge in [0.2, 0.25) is 0 Å². The quantitative estimate of drug-likeness (QED) is 0.339. The van der Waals surface area contributed by atoms with Gasteiger partial charge in [0.1, 0.15) is 0 Å². The Hall–Kier alpha value is -0.346. The smallest absolute Gasteiger partial charge is 0.170 e. The minimum atomic E-state index is -1.51. The van der Waals surface area contributed by atoms with Gasteiger partial charge in [0, 0.05) is 27.8 Å². The van der Waals surface area contributed by atoms with Crippen molar-refractivity contribution in [1.29, 1.82) is 0 Å². The fourth-order valence-corrected chi connectivity index (χ4v) is 0.454. The van der Waals surface area contributed by atoms with Gasteiger partial charge in [-0.3, -0.25) is 0 Å². The molecule has 0 N–H and O–H groups in total. The second kappa shape index (κ2) is 3.88. The van der Waals surface area contributed by atoms with Crippen molar-refractivity contribution in [2.75, 3.05) is 0 Å². The summed E-state index contributed by atoms with van der Waals surface area (Å²) in [4.78, 5) is 0. The Morgan fingerprint density at radius 2 is 1.27 bits per heavy atom. The molecule has 0 spiro atoms. The molecule has 0 amide bonds. The normalized spacial score (nSPS) is 9.09. The second-order valence-corrected chi connectivity index (χ2v) is 1.59. The minimum Gasteiger partial charge on any atom is -0.204 e. The fraction of sp³-hybridized carbons (Fsp3) is 0. The van der Waals surface area contributed by atoms with Gasteiger partial charge in [0.25, 0.3) is 0 Å². The van der Waals surface area contributed by atoms with Crippen LogP contribution in [-0.2, 0) is 21.7 Å². The topological polar surface area (TPSA) is 0 Å². The summed E-state index contributed by atoms with van der Waals surface area (Å²) in [6.45, 7) is 0. The van der Waals surface area contributed by atoms with Crippen molar-refractivity contribution in [2.24, 2.45) is 0 Å². The predicted octanol–water partition coefficient (Wildman–Crippen LogP) is 2.04. The van der Waals surface area contributed by atoms with Crippen molar-refractivity contribution < 1.29 is 39.3 Å². The number of halogens is 4. The van der Waals surface area contributed by atoms with E-state index in [9.17, 15) is 17.6 Å². The monoisotopic (exact) mass is 197 g/mol. The zero-order valence-electron chi connectivity index (χ0n) is 5.09. The maximum Gasteiger partial charge on any atom is 0.170 e. The summed E-state index contributed by atoms with van der Waals surface area (Å²) in [6.07, 6.45) is 0. The number of rotatable bonds is 0. The van der Waals surface area contributed by atoms with Gasteiger partial charge >= 0.3 is 0 Å². The number of hydrogen-bond donors (Lipinski definition) is 0. The van der Waals surface area contributed by atoms with Crippen LogP contribution in [0.5, 0.6) is 0 Å². The van der Waals surface area contributed by atoms with E-state index in [1.54, 1.807) is 0 Å². The van der Waals surface area contributed by atoms with Crippen molar-refractivity contribution >= 4 is 0 Å². The summed E-state index contributed by atoms with van der Waals surface area (Å²) >= 11 is 0. The molecule has 1 aromatic rings. The summed E-state index contributed by atoms with van der Waals surface area (Å²) in [5, 5.41) is 0. The van der Waals surface area contributed by atoms with Gasteiger partial charge in [-0.1, -0.05) is 0 Å². The van der Waals surface area contributed by atoms with Crippen molar-refractivity contribution in [2.45, 2.75) is 0 Å². The zero-order valence-corrected chi connectivity index (χ0v) is 6.65. The maximum atomic E-state index is 11.9. The molecule has 0 unspecified atom stereocenters. The van der Waals surface area contributed by atoms with E-state index in [1.807, 2.05) is 0 Å². The van der Waals surface area contributed by atoms with Crippen LogP contribution in [-0.4, -0.2) is 0 Å². The minimum absolute atomic E-state index is 0. The largest absolute Gasteiger partial charge is 0.204 e. The van der Waals surface area contributed by atoms with Crippen LogP contribution in [0.25, 0.3) is 0 Å². The van der Waals surface area contributed by atoms with Crippen LogP contribution in [0.15, 0.2) is 6.07 Å². The summed E-state index contributed by atoms with van der Waals surface area (Å²) in [7, 11) is 0. The zero-order chi connectivity index (χ0) is 7.72. The fourth-order valence-electron chi connectivity index (χ4n) is 0.454. The van der Waals surface area contributed by atoms with E-state index in [4.69, 9.17) is 0 Å². The molecule has 0 heterocycles. The molecule has 0 saturated carbocycles. The van der Waals surface area contributed by atoms with E-state index in [1.165, 1.54) is 6.07 Å². The van der Waals surface area contributed by atoms with E-state index in [-0.39, 0.29) is 27.8 Å². The molecule has 0 aromatic heterocycles. The summed E-state index contributed by atoms with van der Waals surface area (Å²) in [5.41, 5.74) is 0. The Labute approximate surface area is 75.1 Å². The average Bonchev–Trinajstić information content (AvgIpc) is 1.84. The molecule has 0 bridgehead atoms. The summed E-state index contributed by atoms with van der Waals surface area (Å²) < 4.78 is 47.7. The molecule has 0 atom stereocenters. The average molecular weight is 197 g/mol. The van der Waals surface area contributed by atoms with Gasteiger partial charge in [-0.15, -0.1) is 0 Å². The molecule has 5 heteroatoms. The van der Waals surface area contributed by atoms with Crippen LogP contribution >= 0.6 is 0 Å². The molecule has 1 radical (unpaired) electrons. The molecule has 0 saturated heterocycles. The first-order valence-corrected chi connectivity index (χ1v) is 2.33. The van der Waals surface area contributed by atoms with Crippen molar-refractivity contribution in [3.05, 3.63) is 35.4 Å². The standard InChI is InChI=1S/C6HF4.Ti/c7-3-1-4(8)6(10)2-5(3)9;/h1H;. The van der Waals surface area contributed by atoms with Gasteiger partial charge in [0.15, 0.2) is 23.3 Å². The third kappa shape index (κ3) is 2.31. The Balaban J connectivity index is 0.000001000. The second-order valence-electron chi connectivity index (χ2n) is 1.59. The molecule has 11 heavy (non-hydrogen) atoms. The molecule has 0 nitrogen and oxygen atoms in total. The first-order chi connectivity index (χ1) is 4.61. The van der Waals surface area contributed by atoms with Crippen LogP contribution in [0.2, 0.25) is 0 Å².